The first-order chi connectivity index (χ1) is 13.5. The van der Waals surface area contributed by atoms with Crippen LogP contribution in [0.3, 0.4) is 0 Å². The molecule has 1 aliphatic rings. The van der Waals surface area contributed by atoms with Crippen LogP contribution < -0.4 is 14.4 Å². The molecule has 0 N–H and O–H groups in total. The van der Waals surface area contributed by atoms with Crippen molar-refractivity contribution < 1.29 is 17.9 Å². The smallest absolute Gasteiger partial charge is 0.243 e. The zero-order valence-corrected chi connectivity index (χ0v) is 17.7. The van der Waals surface area contributed by atoms with E-state index < -0.39 is 10.0 Å². The van der Waals surface area contributed by atoms with Gasteiger partial charge in [-0.2, -0.15) is 4.31 Å². The van der Waals surface area contributed by atoms with Crippen molar-refractivity contribution in [1.82, 2.24) is 4.31 Å². The molecule has 0 spiro atoms. The van der Waals surface area contributed by atoms with E-state index in [4.69, 9.17) is 21.1 Å². The summed E-state index contributed by atoms with van der Waals surface area (Å²) in [7, 11) is -3.60. The largest absolute Gasteiger partial charge is 0.490 e. The van der Waals surface area contributed by atoms with E-state index in [0.717, 1.165) is 5.69 Å². The fourth-order valence-corrected chi connectivity index (χ4v) is 4.82. The van der Waals surface area contributed by atoms with Gasteiger partial charge in [0.05, 0.1) is 18.1 Å². The lowest BCUT2D eigenvalue weighted by Gasteiger charge is -2.35. The molecular formula is C20H25ClN2O4S. The highest BCUT2D eigenvalue weighted by molar-refractivity contribution is 7.89. The molecule has 0 radical (unpaired) electrons. The number of piperazine rings is 1. The molecular weight excluding hydrogens is 400 g/mol. The molecule has 0 aliphatic carbocycles. The van der Waals surface area contributed by atoms with E-state index in [-0.39, 0.29) is 4.90 Å². The summed E-state index contributed by atoms with van der Waals surface area (Å²) >= 11 is 6.07. The zero-order valence-electron chi connectivity index (χ0n) is 16.1. The fraction of sp³-hybridized carbons (Fsp3) is 0.400. The lowest BCUT2D eigenvalue weighted by molar-refractivity contribution is 0.287. The van der Waals surface area contributed by atoms with Crippen LogP contribution in [0.15, 0.2) is 47.4 Å². The van der Waals surface area contributed by atoms with Crippen LogP contribution >= 0.6 is 11.6 Å². The maximum atomic E-state index is 13.1. The van der Waals surface area contributed by atoms with Gasteiger partial charge in [-0.3, -0.25) is 0 Å². The first-order valence-corrected chi connectivity index (χ1v) is 11.2. The van der Waals surface area contributed by atoms with Gasteiger partial charge in [-0.1, -0.05) is 17.7 Å². The number of rotatable bonds is 7. The van der Waals surface area contributed by atoms with Crippen molar-refractivity contribution in [3.8, 4) is 11.5 Å². The Morgan fingerprint density at radius 3 is 2.25 bits per heavy atom. The highest BCUT2D eigenvalue weighted by Crippen LogP contribution is 2.32. The number of hydrogen-bond donors (Lipinski definition) is 0. The average Bonchev–Trinajstić information content (AvgIpc) is 2.70. The summed E-state index contributed by atoms with van der Waals surface area (Å²) in [4.78, 5) is 2.36. The molecule has 1 saturated heterocycles. The van der Waals surface area contributed by atoms with Crippen LogP contribution in [-0.2, 0) is 10.0 Å². The Labute approximate surface area is 171 Å². The molecule has 1 heterocycles. The van der Waals surface area contributed by atoms with Crippen molar-refractivity contribution in [2.45, 2.75) is 18.7 Å². The van der Waals surface area contributed by atoms with Crippen molar-refractivity contribution >= 4 is 27.3 Å². The van der Waals surface area contributed by atoms with E-state index in [0.29, 0.717) is 55.9 Å². The number of hydrogen-bond acceptors (Lipinski definition) is 5. The van der Waals surface area contributed by atoms with E-state index in [9.17, 15) is 8.42 Å². The van der Waals surface area contributed by atoms with Gasteiger partial charge in [-0.25, -0.2) is 8.42 Å². The van der Waals surface area contributed by atoms with Crippen LogP contribution in [0.25, 0.3) is 0 Å². The zero-order chi connectivity index (χ0) is 20.1. The Bertz CT molecular complexity index is 912. The molecule has 1 aliphatic heterocycles. The second-order valence-corrected chi connectivity index (χ2v) is 8.72. The van der Waals surface area contributed by atoms with Crippen LogP contribution in [0.1, 0.15) is 13.8 Å². The molecule has 8 heteroatoms. The van der Waals surface area contributed by atoms with E-state index >= 15 is 0 Å². The van der Waals surface area contributed by atoms with Crippen LogP contribution in [0.2, 0.25) is 5.02 Å². The summed E-state index contributed by atoms with van der Waals surface area (Å²) in [5, 5.41) is 0.672. The summed E-state index contributed by atoms with van der Waals surface area (Å²) in [6.45, 7) is 6.67. The summed E-state index contributed by atoms with van der Waals surface area (Å²) in [6.07, 6.45) is 0. The standard InChI is InChI=1S/C20H25ClN2O4S/c1-3-26-19-9-8-18(15-20(19)27-4-2)28(24,25)23-12-10-22(11-13-23)17-7-5-6-16(21)14-17/h5-9,14-15H,3-4,10-13H2,1-2H3. The molecule has 2 aromatic rings. The summed E-state index contributed by atoms with van der Waals surface area (Å²) < 4.78 is 38.8. The highest BCUT2D eigenvalue weighted by Gasteiger charge is 2.29. The van der Waals surface area contributed by atoms with Gasteiger partial charge in [0, 0.05) is 43.0 Å². The van der Waals surface area contributed by atoms with Crippen LogP contribution in [0.5, 0.6) is 11.5 Å². The number of anilines is 1. The third-order valence-corrected chi connectivity index (χ3v) is 6.69. The van der Waals surface area contributed by atoms with E-state index in [1.54, 1.807) is 18.2 Å². The molecule has 0 atom stereocenters. The lowest BCUT2D eigenvalue weighted by Crippen LogP contribution is -2.48. The third-order valence-electron chi connectivity index (χ3n) is 4.56. The minimum Gasteiger partial charge on any atom is -0.490 e. The molecule has 6 nitrogen and oxygen atoms in total. The van der Waals surface area contributed by atoms with E-state index in [2.05, 4.69) is 4.90 Å². The van der Waals surface area contributed by atoms with Crippen molar-refractivity contribution in [2.24, 2.45) is 0 Å². The maximum absolute atomic E-state index is 13.1. The molecule has 28 heavy (non-hydrogen) atoms. The van der Waals surface area contributed by atoms with E-state index in [1.165, 1.54) is 4.31 Å². The molecule has 152 valence electrons. The van der Waals surface area contributed by atoms with Gasteiger partial charge in [-0.05, 0) is 44.2 Å². The second kappa shape index (κ2) is 9.03. The van der Waals surface area contributed by atoms with Gasteiger partial charge >= 0.3 is 0 Å². The molecule has 0 amide bonds. The number of nitrogens with zero attached hydrogens (tertiary/aromatic N) is 2. The van der Waals surface area contributed by atoms with Crippen LogP contribution in [-0.4, -0.2) is 52.1 Å². The SMILES string of the molecule is CCOc1ccc(S(=O)(=O)N2CCN(c3cccc(Cl)c3)CC2)cc1OCC. The predicted molar refractivity (Wildman–Crippen MR) is 111 cm³/mol. The van der Waals surface area contributed by atoms with Crippen LogP contribution in [0, 0.1) is 0 Å². The van der Waals surface area contributed by atoms with Crippen molar-refractivity contribution in [3.05, 3.63) is 47.5 Å². The van der Waals surface area contributed by atoms with Gasteiger partial charge in [0.2, 0.25) is 10.0 Å². The summed E-state index contributed by atoms with van der Waals surface area (Å²) in [6, 6.07) is 12.4. The van der Waals surface area contributed by atoms with Crippen LogP contribution in [0.4, 0.5) is 5.69 Å². The predicted octanol–water partition coefficient (Wildman–Crippen LogP) is 3.65. The quantitative estimate of drug-likeness (QED) is 0.679. The van der Waals surface area contributed by atoms with E-state index in [1.807, 2.05) is 38.1 Å². The third kappa shape index (κ3) is 4.54. The fourth-order valence-electron chi connectivity index (χ4n) is 3.20. The molecule has 0 saturated carbocycles. The topological polar surface area (TPSA) is 59.1 Å². The number of halogens is 1. The summed E-state index contributed by atoms with van der Waals surface area (Å²) in [5.74, 6) is 0.997. The minimum absolute atomic E-state index is 0.218. The Balaban J connectivity index is 1.76. The lowest BCUT2D eigenvalue weighted by atomic mass is 10.2. The van der Waals surface area contributed by atoms with Gasteiger partial charge < -0.3 is 14.4 Å². The Morgan fingerprint density at radius 1 is 0.929 bits per heavy atom. The van der Waals surface area contributed by atoms with Crippen molar-refractivity contribution in [3.63, 3.8) is 0 Å². The normalized spacial score (nSPS) is 15.5. The van der Waals surface area contributed by atoms with Gasteiger partial charge in [0.1, 0.15) is 0 Å². The molecule has 0 bridgehead atoms. The molecule has 0 unspecified atom stereocenters. The number of ether oxygens (including phenoxy) is 2. The molecule has 1 fully saturated rings. The van der Waals surface area contributed by atoms with Crippen molar-refractivity contribution in [1.29, 1.82) is 0 Å². The summed E-state index contributed by atoms with van der Waals surface area (Å²) in [5.41, 5.74) is 1.00. The van der Waals surface area contributed by atoms with Gasteiger partial charge in [-0.15, -0.1) is 0 Å². The minimum atomic E-state index is -3.60. The molecule has 0 aromatic heterocycles. The molecule has 3 rings (SSSR count). The number of benzene rings is 2. The Kier molecular flexibility index (Phi) is 6.69. The molecule has 2 aromatic carbocycles. The van der Waals surface area contributed by atoms with Gasteiger partial charge in [0.25, 0.3) is 0 Å². The number of sulfonamides is 1. The second-order valence-electron chi connectivity index (χ2n) is 6.35. The maximum Gasteiger partial charge on any atom is 0.243 e. The average molecular weight is 425 g/mol. The first kappa shape index (κ1) is 20.8. The first-order valence-electron chi connectivity index (χ1n) is 9.36. The monoisotopic (exact) mass is 424 g/mol. The van der Waals surface area contributed by atoms with Gasteiger partial charge in [0.15, 0.2) is 11.5 Å². The van der Waals surface area contributed by atoms with Crippen molar-refractivity contribution in [2.75, 3.05) is 44.3 Å². The Hall–Kier alpha value is -1.96. The Morgan fingerprint density at radius 2 is 1.61 bits per heavy atom. The highest BCUT2D eigenvalue weighted by atomic mass is 35.5.